The van der Waals surface area contributed by atoms with Crippen LogP contribution in [-0.2, 0) is 0 Å². The Morgan fingerprint density at radius 1 is 0.812 bits per heavy atom. The third-order valence-electron chi connectivity index (χ3n) is 4.08. The number of nitrogens with zero attached hydrogens (tertiary/aromatic N) is 1. The molecule has 0 saturated heterocycles. The SMILES string of the molecule is [O-]/C(=C(\C(=S)Nc1ccc(OC(F)F)cc1)[n+]1ccccc1)c1ccc(OC(F)F)cc1. The minimum absolute atomic E-state index is 0.0275. The van der Waals surface area contributed by atoms with E-state index in [1.807, 2.05) is 0 Å². The summed E-state index contributed by atoms with van der Waals surface area (Å²) < 4.78 is 59.5. The Kier molecular flexibility index (Phi) is 7.61. The first-order chi connectivity index (χ1) is 15.3. The van der Waals surface area contributed by atoms with Crippen LogP contribution >= 0.6 is 12.2 Å². The fourth-order valence-corrected chi connectivity index (χ4v) is 3.04. The Balaban J connectivity index is 1.91. The molecule has 0 bridgehead atoms. The van der Waals surface area contributed by atoms with Crippen molar-refractivity contribution in [3.05, 3.63) is 84.7 Å². The summed E-state index contributed by atoms with van der Waals surface area (Å²) in [6.45, 7) is -5.92. The van der Waals surface area contributed by atoms with Gasteiger partial charge in [0.05, 0.1) is 0 Å². The molecule has 1 N–H and O–H groups in total. The zero-order chi connectivity index (χ0) is 23.1. The van der Waals surface area contributed by atoms with Crippen molar-refractivity contribution in [2.24, 2.45) is 0 Å². The van der Waals surface area contributed by atoms with Gasteiger partial charge in [0.25, 0.3) is 0 Å². The van der Waals surface area contributed by atoms with E-state index in [2.05, 4.69) is 14.8 Å². The van der Waals surface area contributed by atoms with Crippen LogP contribution in [0, 0.1) is 0 Å². The van der Waals surface area contributed by atoms with Crippen LogP contribution in [-0.4, -0.2) is 18.2 Å². The molecule has 1 aromatic heterocycles. The van der Waals surface area contributed by atoms with Crippen molar-refractivity contribution in [3.8, 4) is 11.5 Å². The summed E-state index contributed by atoms with van der Waals surface area (Å²) in [5, 5.41) is 16.1. The lowest BCUT2D eigenvalue weighted by Crippen LogP contribution is -2.39. The number of halogens is 4. The molecule has 32 heavy (non-hydrogen) atoms. The number of anilines is 1. The topological polar surface area (TPSA) is 57.4 Å². The van der Waals surface area contributed by atoms with E-state index in [1.54, 1.807) is 30.6 Å². The Labute approximate surface area is 186 Å². The molecule has 2 aromatic carbocycles. The minimum atomic E-state index is -2.98. The zero-order valence-electron chi connectivity index (χ0n) is 16.3. The van der Waals surface area contributed by atoms with Crippen molar-refractivity contribution in [2.45, 2.75) is 13.2 Å². The fraction of sp³-hybridized carbons (Fsp3) is 0.0909. The molecule has 166 valence electrons. The van der Waals surface area contributed by atoms with Crippen LogP contribution in [0.15, 0.2) is 79.1 Å². The van der Waals surface area contributed by atoms with E-state index in [0.29, 0.717) is 5.69 Å². The summed E-state index contributed by atoms with van der Waals surface area (Å²) in [6, 6.07) is 16.0. The Hall–Kier alpha value is -3.66. The lowest BCUT2D eigenvalue weighted by molar-refractivity contribution is -0.577. The second kappa shape index (κ2) is 10.6. The molecular weight excluding hydrogens is 448 g/mol. The van der Waals surface area contributed by atoms with E-state index < -0.39 is 19.0 Å². The van der Waals surface area contributed by atoms with Crippen LogP contribution in [0.3, 0.4) is 0 Å². The molecule has 0 unspecified atom stereocenters. The second-order valence-corrected chi connectivity index (χ2v) is 6.63. The molecule has 0 amide bonds. The largest absolute Gasteiger partial charge is 0.867 e. The Morgan fingerprint density at radius 2 is 1.31 bits per heavy atom. The lowest BCUT2D eigenvalue weighted by atomic mass is 10.1. The van der Waals surface area contributed by atoms with Crippen molar-refractivity contribution in [3.63, 3.8) is 0 Å². The highest BCUT2D eigenvalue weighted by molar-refractivity contribution is 7.81. The smallest absolute Gasteiger partial charge is 0.387 e. The number of aromatic nitrogens is 1. The number of pyridine rings is 1. The highest BCUT2D eigenvalue weighted by atomic mass is 32.1. The average Bonchev–Trinajstić information content (AvgIpc) is 2.76. The molecule has 0 aliphatic rings. The number of alkyl halides is 4. The number of thiocarbonyl (C=S) groups is 1. The summed E-state index contributed by atoms with van der Waals surface area (Å²) in [7, 11) is 0. The zero-order valence-corrected chi connectivity index (χ0v) is 17.1. The van der Waals surface area contributed by atoms with Gasteiger partial charge in [0.2, 0.25) is 5.70 Å². The summed E-state index contributed by atoms with van der Waals surface area (Å²) in [5.74, 6) is -0.586. The van der Waals surface area contributed by atoms with Crippen molar-refractivity contribution < 1.29 is 36.7 Å². The predicted molar refractivity (Wildman–Crippen MR) is 112 cm³/mol. The molecule has 0 radical (unpaired) electrons. The lowest BCUT2D eigenvalue weighted by Gasteiger charge is -2.17. The molecule has 3 aromatic rings. The highest BCUT2D eigenvalue weighted by Gasteiger charge is 2.19. The van der Waals surface area contributed by atoms with Crippen LogP contribution < -0.4 is 24.5 Å². The van der Waals surface area contributed by atoms with E-state index in [0.717, 1.165) is 0 Å². The van der Waals surface area contributed by atoms with Crippen molar-refractivity contribution in [2.75, 3.05) is 5.32 Å². The second-order valence-electron chi connectivity index (χ2n) is 6.22. The van der Waals surface area contributed by atoms with Gasteiger partial charge >= 0.3 is 13.2 Å². The number of hydrogen-bond acceptors (Lipinski definition) is 4. The molecule has 3 rings (SSSR count). The third-order valence-corrected chi connectivity index (χ3v) is 4.38. The van der Waals surface area contributed by atoms with E-state index >= 15 is 0 Å². The van der Waals surface area contributed by atoms with Gasteiger partial charge in [-0.25, -0.2) is 0 Å². The third kappa shape index (κ3) is 6.17. The van der Waals surface area contributed by atoms with Crippen molar-refractivity contribution in [1.82, 2.24) is 0 Å². The van der Waals surface area contributed by atoms with Crippen LogP contribution in [0.5, 0.6) is 11.5 Å². The van der Waals surface area contributed by atoms with E-state index in [-0.39, 0.29) is 27.7 Å². The number of hydrogen-bond donors (Lipinski definition) is 1. The number of ether oxygens (including phenoxy) is 2. The normalized spacial score (nSPS) is 11.8. The molecule has 0 atom stereocenters. The summed E-state index contributed by atoms with van der Waals surface area (Å²) in [5.41, 5.74) is 0.734. The van der Waals surface area contributed by atoms with E-state index in [1.165, 1.54) is 53.1 Å². The molecule has 0 fully saturated rings. The Bertz CT molecular complexity index is 1080. The molecule has 0 aliphatic heterocycles. The molecule has 0 spiro atoms. The molecule has 10 heteroatoms. The fourth-order valence-electron chi connectivity index (χ4n) is 2.72. The number of rotatable bonds is 8. The molecule has 0 aliphatic carbocycles. The molecule has 5 nitrogen and oxygen atoms in total. The van der Waals surface area contributed by atoms with Gasteiger partial charge in [0.15, 0.2) is 17.4 Å². The van der Waals surface area contributed by atoms with Crippen LogP contribution in [0.4, 0.5) is 23.2 Å². The monoisotopic (exact) mass is 464 g/mol. The van der Waals surface area contributed by atoms with Gasteiger partial charge in [0, 0.05) is 17.8 Å². The maximum Gasteiger partial charge on any atom is 0.387 e. The van der Waals surface area contributed by atoms with E-state index in [9.17, 15) is 22.7 Å². The number of benzene rings is 2. The standard InChI is InChI=1S/C22H16F4N2O3S/c23-21(24)30-16-8-4-14(5-9-16)19(29)18(28-12-2-1-3-13-28)20(32)27-15-6-10-17(11-7-15)31-22(25)26/h1-13,21-22H,(H-,27,29,32). The summed E-state index contributed by atoms with van der Waals surface area (Å²) in [6.07, 6.45) is 3.24. The van der Waals surface area contributed by atoms with Crippen LogP contribution in [0.2, 0.25) is 0 Å². The van der Waals surface area contributed by atoms with Gasteiger partial charge in [0.1, 0.15) is 11.5 Å². The minimum Gasteiger partial charge on any atom is -0.867 e. The van der Waals surface area contributed by atoms with Gasteiger partial charge in [-0.1, -0.05) is 30.4 Å². The molecular formula is C22H16F4N2O3S. The van der Waals surface area contributed by atoms with Crippen LogP contribution in [0.1, 0.15) is 5.56 Å². The van der Waals surface area contributed by atoms with Gasteiger partial charge in [-0.2, -0.15) is 22.1 Å². The Morgan fingerprint density at radius 3 is 1.81 bits per heavy atom. The van der Waals surface area contributed by atoms with Crippen LogP contribution in [0.25, 0.3) is 11.5 Å². The maximum atomic E-state index is 13.2. The first-order valence-electron chi connectivity index (χ1n) is 9.13. The van der Waals surface area contributed by atoms with E-state index in [4.69, 9.17) is 12.2 Å². The van der Waals surface area contributed by atoms with Gasteiger partial charge < -0.3 is 19.9 Å². The first kappa shape index (κ1) is 23.0. The van der Waals surface area contributed by atoms with Gasteiger partial charge in [-0.15, -0.1) is 0 Å². The number of nitrogens with one attached hydrogen (secondary N) is 1. The summed E-state index contributed by atoms with van der Waals surface area (Å²) in [4.78, 5) is 0.0571. The van der Waals surface area contributed by atoms with Gasteiger partial charge in [-0.3, -0.25) is 0 Å². The average molecular weight is 464 g/mol. The highest BCUT2D eigenvalue weighted by Crippen LogP contribution is 2.22. The van der Waals surface area contributed by atoms with Crippen molar-refractivity contribution in [1.29, 1.82) is 0 Å². The predicted octanol–water partition coefficient (Wildman–Crippen LogP) is 4.30. The van der Waals surface area contributed by atoms with Gasteiger partial charge in [-0.05, 0) is 47.7 Å². The molecule has 1 heterocycles. The first-order valence-corrected chi connectivity index (χ1v) is 9.54. The quantitative estimate of drug-likeness (QED) is 0.177. The summed E-state index contributed by atoms with van der Waals surface area (Å²) >= 11 is 5.44. The van der Waals surface area contributed by atoms with Crippen molar-refractivity contribution >= 4 is 34.3 Å². The molecule has 0 saturated carbocycles. The maximum absolute atomic E-state index is 13.2.